The average Bonchev–Trinajstić information content (AvgIpc) is 3.31. The lowest BCUT2D eigenvalue weighted by Crippen LogP contribution is -2.30. The first-order valence-corrected chi connectivity index (χ1v) is 30.3. The third kappa shape index (κ3) is 53.6. The topological polar surface area (TPSA) is 78.9 Å². The van der Waals surface area contributed by atoms with Crippen molar-refractivity contribution in [2.75, 3.05) is 13.2 Å². The molecule has 0 saturated heterocycles. The van der Waals surface area contributed by atoms with Crippen LogP contribution >= 0.6 is 0 Å². The molecule has 1 unspecified atom stereocenters. The molecule has 67 heavy (non-hydrogen) atoms. The fourth-order valence-electron chi connectivity index (χ4n) is 9.37. The van der Waals surface area contributed by atoms with Crippen molar-refractivity contribution < 1.29 is 28.6 Å². The molecule has 0 N–H and O–H groups in total. The number of carbonyl (C=O) groups excluding carboxylic acids is 3. The van der Waals surface area contributed by atoms with Crippen LogP contribution in [0.1, 0.15) is 343 Å². The van der Waals surface area contributed by atoms with Crippen LogP contribution in [0, 0.1) is 11.8 Å². The van der Waals surface area contributed by atoms with Crippen LogP contribution in [0.15, 0.2) is 0 Å². The maximum Gasteiger partial charge on any atom is 0.306 e. The number of hydrogen-bond donors (Lipinski definition) is 0. The first-order valence-electron chi connectivity index (χ1n) is 30.3. The number of rotatable bonds is 55. The van der Waals surface area contributed by atoms with Gasteiger partial charge in [0.2, 0.25) is 0 Å². The predicted molar refractivity (Wildman–Crippen MR) is 289 cm³/mol. The highest BCUT2D eigenvalue weighted by molar-refractivity contribution is 5.71. The van der Waals surface area contributed by atoms with Gasteiger partial charge in [-0.2, -0.15) is 0 Å². The van der Waals surface area contributed by atoms with E-state index in [9.17, 15) is 14.4 Å². The van der Waals surface area contributed by atoms with E-state index in [0.29, 0.717) is 19.3 Å². The Morgan fingerprint density at radius 3 is 0.851 bits per heavy atom. The molecule has 0 amide bonds. The van der Waals surface area contributed by atoms with Gasteiger partial charge in [0.05, 0.1) is 0 Å². The van der Waals surface area contributed by atoms with Crippen LogP contribution in [-0.4, -0.2) is 37.2 Å². The Bertz CT molecular complexity index is 1030. The number of carbonyl (C=O) groups is 3. The number of esters is 3. The quantitative estimate of drug-likeness (QED) is 0.0343. The highest BCUT2D eigenvalue weighted by atomic mass is 16.6. The summed E-state index contributed by atoms with van der Waals surface area (Å²) in [6.45, 7) is 11.5. The van der Waals surface area contributed by atoms with E-state index in [1.165, 1.54) is 231 Å². The number of ether oxygens (including phenoxy) is 3. The third-order valence-corrected chi connectivity index (χ3v) is 14.3. The SMILES string of the molecule is CCCCCCCCCCCCCCCCC(=O)OC[C@@H](COC(=O)CCCCCCCCCCCCCCCCC(C)CC)OC(=O)CCCCCCCCCCCCCCCCC(C)C. The fourth-order valence-corrected chi connectivity index (χ4v) is 9.37. The Kier molecular flexibility index (Phi) is 52.5. The van der Waals surface area contributed by atoms with Gasteiger partial charge < -0.3 is 14.2 Å². The lowest BCUT2D eigenvalue weighted by molar-refractivity contribution is -0.167. The normalized spacial score (nSPS) is 12.4. The van der Waals surface area contributed by atoms with Crippen LogP contribution < -0.4 is 0 Å². The molecule has 0 spiro atoms. The second-order valence-corrected chi connectivity index (χ2v) is 21.7. The molecule has 6 heteroatoms. The Labute approximate surface area is 418 Å². The van der Waals surface area contributed by atoms with Gasteiger partial charge in [0.15, 0.2) is 6.10 Å². The van der Waals surface area contributed by atoms with E-state index in [4.69, 9.17) is 14.2 Å². The first-order chi connectivity index (χ1) is 32.8. The Morgan fingerprint density at radius 2 is 0.567 bits per heavy atom. The van der Waals surface area contributed by atoms with Gasteiger partial charge in [-0.05, 0) is 31.1 Å². The van der Waals surface area contributed by atoms with Gasteiger partial charge in [0.25, 0.3) is 0 Å². The molecule has 0 bridgehead atoms. The van der Waals surface area contributed by atoms with Crippen molar-refractivity contribution in [3.8, 4) is 0 Å². The smallest absolute Gasteiger partial charge is 0.306 e. The summed E-state index contributed by atoms with van der Waals surface area (Å²) in [5.41, 5.74) is 0. The summed E-state index contributed by atoms with van der Waals surface area (Å²) < 4.78 is 16.9. The van der Waals surface area contributed by atoms with Gasteiger partial charge in [-0.3, -0.25) is 14.4 Å². The molecular formula is C61H118O6. The van der Waals surface area contributed by atoms with Crippen molar-refractivity contribution in [2.24, 2.45) is 11.8 Å². The maximum atomic E-state index is 12.9. The Hall–Kier alpha value is -1.59. The molecular weight excluding hydrogens is 829 g/mol. The van der Waals surface area contributed by atoms with Crippen LogP contribution in [0.3, 0.4) is 0 Å². The molecule has 0 saturated carbocycles. The molecule has 0 aliphatic heterocycles. The summed E-state index contributed by atoms with van der Waals surface area (Å²) in [5, 5.41) is 0. The summed E-state index contributed by atoms with van der Waals surface area (Å²) in [4.78, 5) is 38.2. The lowest BCUT2D eigenvalue weighted by atomic mass is 9.99. The number of hydrogen-bond acceptors (Lipinski definition) is 6. The zero-order chi connectivity index (χ0) is 48.9. The molecule has 0 aliphatic rings. The lowest BCUT2D eigenvalue weighted by Gasteiger charge is -2.18. The minimum Gasteiger partial charge on any atom is -0.462 e. The van der Waals surface area contributed by atoms with Crippen molar-refractivity contribution in [2.45, 2.75) is 349 Å². The maximum absolute atomic E-state index is 12.9. The summed E-state index contributed by atoms with van der Waals surface area (Å²) in [5.74, 6) is 0.904. The molecule has 0 rings (SSSR count). The second kappa shape index (κ2) is 53.8. The van der Waals surface area contributed by atoms with E-state index >= 15 is 0 Å². The monoisotopic (exact) mass is 947 g/mol. The third-order valence-electron chi connectivity index (χ3n) is 14.3. The zero-order valence-electron chi connectivity index (χ0n) is 46.0. The Morgan fingerprint density at radius 1 is 0.313 bits per heavy atom. The van der Waals surface area contributed by atoms with Crippen molar-refractivity contribution in [1.82, 2.24) is 0 Å². The first kappa shape index (κ1) is 65.4. The summed E-state index contributed by atoms with van der Waals surface area (Å²) in [6, 6.07) is 0. The molecule has 398 valence electrons. The molecule has 6 nitrogen and oxygen atoms in total. The van der Waals surface area contributed by atoms with Crippen molar-refractivity contribution >= 4 is 17.9 Å². The van der Waals surface area contributed by atoms with Gasteiger partial charge in [-0.15, -0.1) is 0 Å². The summed E-state index contributed by atoms with van der Waals surface area (Å²) >= 11 is 0. The summed E-state index contributed by atoms with van der Waals surface area (Å²) in [6.07, 6.45) is 58.0. The van der Waals surface area contributed by atoms with Crippen molar-refractivity contribution in [1.29, 1.82) is 0 Å². The molecule has 0 aliphatic carbocycles. The van der Waals surface area contributed by atoms with Gasteiger partial charge in [-0.25, -0.2) is 0 Å². The molecule has 0 fully saturated rings. The fraction of sp³-hybridized carbons (Fsp3) is 0.951. The summed E-state index contributed by atoms with van der Waals surface area (Å²) in [7, 11) is 0. The minimum absolute atomic E-state index is 0.0622. The highest BCUT2D eigenvalue weighted by Gasteiger charge is 2.19. The Balaban J connectivity index is 4.29. The molecule has 2 atom stereocenters. The molecule has 0 radical (unpaired) electrons. The van der Waals surface area contributed by atoms with Crippen LogP contribution in [0.2, 0.25) is 0 Å². The number of unbranched alkanes of at least 4 members (excludes halogenated alkanes) is 39. The zero-order valence-corrected chi connectivity index (χ0v) is 46.0. The van der Waals surface area contributed by atoms with Gasteiger partial charge in [-0.1, -0.05) is 304 Å². The second-order valence-electron chi connectivity index (χ2n) is 21.7. The van der Waals surface area contributed by atoms with Crippen LogP contribution in [0.25, 0.3) is 0 Å². The molecule has 0 aromatic heterocycles. The van der Waals surface area contributed by atoms with E-state index in [-0.39, 0.29) is 31.1 Å². The van der Waals surface area contributed by atoms with Crippen molar-refractivity contribution in [3.05, 3.63) is 0 Å². The van der Waals surface area contributed by atoms with Crippen LogP contribution in [0.5, 0.6) is 0 Å². The van der Waals surface area contributed by atoms with Crippen molar-refractivity contribution in [3.63, 3.8) is 0 Å². The molecule has 0 heterocycles. The van der Waals surface area contributed by atoms with Gasteiger partial charge in [0.1, 0.15) is 13.2 Å². The van der Waals surface area contributed by atoms with Gasteiger partial charge >= 0.3 is 17.9 Å². The molecule has 0 aromatic carbocycles. The minimum atomic E-state index is -0.763. The standard InChI is InChI=1S/C61H118O6/c1-6-8-9-10-11-12-13-14-21-26-31-36-41-46-51-59(62)65-54-58(67-61(64)53-48-43-38-33-28-23-17-15-19-24-29-34-39-44-49-56(3)4)55-66-60(63)52-47-42-37-32-27-22-18-16-20-25-30-35-40-45-50-57(5)7-2/h56-58H,6-55H2,1-5H3/t57?,58-/m0/s1. The average molecular weight is 948 g/mol. The van der Waals surface area contributed by atoms with Crippen LogP contribution in [-0.2, 0) is 28.6 Å². The van der Waals surface area contributed by atoms with E-state index in [2.05, 4.69) is 34.6 Å². The van der Waals surface area contributed by atoms with Gasteiger partial charge in [0, 0.05) is 19.3 Å². The predicted octanol–water partition coefficient (Wildman–Crippen LogP) is 20.0. The van der Waals surface area contributed by atoms with E-state index in [1.54, 1.807) is 0 Å². The molecule has 0 aromatic rings. The highest BCUT2D eigenvalue weighted by Crippen LogP contribution is 2.19. The largest absolute Gasteiger partial charge is 0.462 e. The van der Waals surface area contributed by atoms with E-state index in [1.807, 2.05) is 0 Å². The van der Waals surface area contributed by atoms with E-state index in [0.717, 1.165) is 69.6 Å². The van der Waals surface area contributed by atoms with E-state index < -0.39 is 6.10 Å². The van der Waals surface area contributed by atoms with Crippen LogP contribution in [0.4, 0.5) is 0 Å².